The van der Waals surface area contributed by atoms with Crippen molar-refractivity contribution < 1.29 is 29.0 Å². The Morgan fingerprint density at radius 2 is 2.00 bits per heavy atom. The highest BCUT2D eigenvalue weighted by Crippen LogP contribution is 2.24. The number of hydrogen-bond donors (Lipinski definition) is 2. The summed E-state index contributed by atoms with van der Waals surface area (Å²) in [6, 6.07) is -1.03. The van der Waals surface area contributed by atoms with Crippen LogP contribution in [0.5, 0.6) is 0 Å². The van der Waals surface area contributed by atoms with Gasteiger partial charge in [0.25, 0.3) is 5.91 Å². The zero-order valence-electron chi connectivity index (χ0n) is 11.7. The Labute approximate surface area is 120 Å². The minimum absolute atomic E-state index is 0.228. The second-order valence-corrected chi connectivity index (χ2v) is 4.97. The van der Waals surface area contributed by atoms with Crippen LogP contribution < -0.4 is 5.32 Å². The van der Waals surface area contributed by atoms with E-state index in [0.717, 1.165) is 4.90 Å². The number of esters is 1. The van der Waals surface area contributed by atoms with Crippen LogP contribution in [-0.4, -0.2) is 84.5 Å². The largest absolute Gasteiger partial charge is 0.468 e. The third-order valence-corrected chi connectivity index (χ3v) is 3.77. The lowest BCUT2D eigenvalue weighted by Crippen LogP contribution is -2.61. The number of aliphatic hydroxyl groups excluding tert-OH is 1. The first-order chi connectivity index (χ1) is 9.88. The maximum atomic E-state index is 12.3. The second-order valence-electron chi connectivity index (χ2n) is 4.97. The van der Waals surface area contributed by atoms with Crippen molar-refractivity contribution in [3.8, 4) is 0 Å². The summed E-state index contributed by atoms with van der Waals surface area (Å²) in [6.45, 7) is 0.404. The van der Waals surface area contributed by atoms with Gasteiger partial charge in [-0.1, -0.05) is 0 Å². The quantitative estimate of drug-likeness (QED) is 0.420. The maximum Gasteiger partial charge on any atom is 0.325 e. The van der Waals surface area contributed by atoms with Crippen molar-refractivity contribution in [2.24, 2.45) is 5.92 Å². The first-order valence-electron chi connectivity index (χ1n) is 6.47. The van der Waals surface area contributed by atoms with Crippen molar-refractivity contribution >= 4 is 23.7 Å². The van der Waals surface area contributed by atoms with E-state index in [9.17, 15) is 24.3 Å². The molecule has 2 fully saturated rings. The number of aliphatic hydroxyl groups is 1. The number of amides is 3. The first kappa shape index (κ1) is 15.4. The molecule has 3 unspecified atom stereocenters. The molecule has 0 bridgehead atoms. The van der Waals surface area contributed by atoms with Crippen molar-refractivity contribution in [1.82, 2.24) is 15.1 Å². The molecule has 9 nitrogen and oxygen atoms in total. The summed E-state index contributed by atoms with van der Waals surface area (Å²) in [5, 5.41) is 12.7. The van der Waals surface area contributed by atoms with Gasteiger partial charge in [0.1, 0.15) is 18.7 Å². The first-order valence-corrected chi connectivity index (χ1v) is 6.47. The fourth-order valence-electron chi connectivity index (χ4n) is 2.55. The van der Waals surface area contributed by atoms with E-state index in [0.29, 0.717) is 6.54 Å². The van der Waals surface area contributed by atoms with E-state index in [1.54, 1.807) is 0 Å². The number of rotatable bonds is 3. The normalized spacial score (nSPS) is 30.0. The number of nitrogens with zero attached hydrogens (tertiary/aromatic N) is 2. The summed E-state index contributed by atoms with van der Waals surface area (Å²) >= 11 is 0. The number of hydrogen-bond acceptors (Lipinski definition) is 7. The average Bonchev–Trinajstić information content (AvgIpc) is 2.66. The lowest BCUT2D eigenvalue weighted by atomic mass is 9.93. The van der Waals surface area contributed by atoms with Crippen LogP contribution in [0.2, 0.25) is 0 Å². The molecule has 116 valence electrons. The Hall–Kier alpha value is -2.00. The van der Waals surface area contributed by atoms with Gasteiger partial charge in [-0.25, -0.2) is 0 Å². The number of nitrogens with one attached hydrogen (secondary N) is 1. The fourth-order valence-corrected chi connectivity index (χ4v) is 2.55. The number of imide groups is 1. The third-order valence-electron chi connectivity index (χ3n) is 3.77. The minimum atomic E-state index is -1.55. The van der Waals surface area contributed by atoms with Gasteiger partial charge in [0.2, 0.25) is 11.8 Å². The Balaban J connectivity index is 2.16. The van der Waals surface area contributed by atoms with Gasteiger partial charge in [-0.3, -0.25) is 24.1 Å². The van der Waals surface area contributed by atoms with Crippen molar-refractivity contribution in [1.29, 1.82) is 0 Å². The van der Waals surface area contributed by atoms with E-state index in [4.69, 9.17) is 0 Å². The maximum absolute atomic E-state index is 12.3. The van der Waals surface area contributed by atoms with E-state index in [-0.39, 0.29) is 13.1 Å². The smallest absolute Gasteiger partial charge is 0.325 e. The van der Waals surface area contributed by atoms with Crippen molar-refractivity contribution in [3.05, 3.63) is 0 Å². The summed E-state index contributed by atoms with van der Waals surface area (Å²) < 4.78 is 4.51. The topological polar surface area (TPSA) is 116 Å². The monoisotopic (exact) mass is 299 g/mol. The summed E-state index contributed by atoms with van der Waals surface area (Å²) in [7, 11) is 2.47. The van der Waals surface area contributed by atoms with Gasteiger partial charge in [0.15, 0.2) is 0 Å². The van der Waals surface area contributed by atoms with Crippen LogP contribution in [0, 0.1) is 5.92 Å². The average molecular weight is 299 g/mol. The molecule has 21 heavy (non-hydrogen) atoms. The molecule has 0 radical (unpaired) electrons. The van der Waals surface area contributed by atoms with Crippen molar-refractivity contribution in [3.63, 3.8) is 0 Å². The number of carbonyl (C=O) groups excluding carboxylic acids is 4. The van der Waals surface area contributed by atoms with Gasteiger partial charge in [-0.05, 0) is 0 Å². The molecule has 0 aromatic heterocycles. The fraction of sp³-hybridized carbons (Fsp3) is 0.667. The number of methoxy groups -OCH3 is 1. The van der Waals surface area contributed by atoms with Crippen LogP contribution in [0.25, 0.3) is 0 Å². The van der Waals surface area contributed by atoms with Gasteiger partial charge in [-0.2, -0.15) is 0 Å². The highest BCUT2D eigenvalue weighted by atomic mass is 16.5. The van der Waals surface area contributed by atoms with Crippen LogP contribution >= 0.6 is 0 Å². The Morgan fingerprint density at radius 1 is 1.33 bits per heavy atom. The van der Waals surface area contributed by atoms with E-state index >= 15 is 0 Å². The van der Waals surface area contributed by atoms with Gasteiger partial charge in [-0.15, -0.1) is 0 Å². The molecule has 0 aromatic carbocycles. The zero-order chi connectivity index (χ0) is 15.7. The molecule has 2 rings (SSSR count). The lowest BCUT2D eigenvalue weighted by Gasteiger charge is -2.34. The van der Waals surface area contributed by atoms with E-state index in [1.165, 1.54) is 19.1 Å². The molecular weight excluding hydrogens is 282 g/mol. The number of carbonyl (C=O) groups is 4. The SMILES string of the molecule is COC(=O)CN1CCNC(C2C(=O)N(C)C(=O)C2O)C1=O. The molecule has 2 aliphatic heterocycles. The molecule has 0 aromatic rings. The highest BCUT2D eigenvalue weighted by molar-refractivity contribution is 6.08. The third kappa shape index (κ3) is 2.61. The van der Waals surface area contributed by atoms with Crippen molar-refractivity contribution in [2.45, 2.75) is 12.1 Å². The number of ether oxygens (including phenoxy) is 1. The molecule has 2 N–H and O–H groups in total. The summed E-state index contributed by atoms with van der Waals surface area (Å²) in [5.74, 6) is -3.60. The Morgan fingerprint density at radius 3 is 2.52 bits per heavy atom. The summed E-state index contributed by atoms with van der Waals surface area (Å²) in [6.07, 6.45) is -1.55. The molecular formula is C12H17N3O6. The van der Waals surface area contributed by atoms with Crippen molar-refractivity contribution in [2.75, 3.05) is 33.8 Å². The van der Waals surface area contributed by atoms with Crippen LogP contribution in [-0.2, 0) is 23.9 Å². The van der Waals surface area contributed by atoms with Crippen LogP contribution in [0.3, 0.4) is 0 Å². The van der Waals surface area contributed by atoms with Gasteiger partial charge < -0.3 is 20.1 Å². The summed E-state index contributed by atoms with van der Waals surface area (Å²) in [4.78, 5) is 49.3. The summed E-state index contributed by atoms with van der Waals surface area (Å²) in [5.41, 5.74) is 0. The Bertz CT molecular complexity index is 493. The molecule has 3 atom stereocenters. The predicted molar refractivity (Wildman–Crippen MR) is 67.7 cm³/mol. The van der Waals surface area contributed by atoms with Crippen LogP contribution in [0.4, 0.5) is 0 Å². The van der Waals surface area contributed by atoms with Crippen LogP contribution in [0.15, 0.2) is 0 Å². The Kier molecular flexibility index (Phi) is 4.24. The molecule has 3 amide bonds. The van der Waals surface area contributed by atoms with Gasteiger partial charge in [0.05, 0.1) is 13.0 Å². The molecule has 9 heteroatoms. The molecule has 0 saturated carbocycles. The van der Waals surface area contributed by atoms with E-state index in [2.05, 4.69) is 10.1 Å². The standard InChI is InChI=1S/C12H17N3O6/c1-14-10(18)7(9(17)12(14)20)8-11(19)15(4-3-13-8)5-6(16)21-2/h7-9,13,17H,3-5H2,1-2H3. The molecule has 0 spiro atoms. The van der Waals surface area contributed by atoms with Gasteiger partial charge >= 0.3 is 5.97 Å². The minimum Gasteiger partial charge on any atom is -0.468 e. The lowest BCUT2D eigenvalue weighted by molar-refractivity contribution is -0.151. The van der Waals surface area contributed by atoms with E-state index < -0.39 is 41.8 Å². The van der Waals surface area contributed by atoms with Gasteiger partial charge in [0, 0.05) is 20.1 Å². The number of piperazine rings is 1. The van der Waals surface area contributed by atoms with Crippen LogP contribution in [0.1, 0.15) is 0 Å². The highest BCUT2D eigenvalue weighted by Gasteiger charge is 2.52. The second kappa shape index (κ2) is 5.78. The number of likely N-dealkylation sites (tertiary alicyclic amines) is 1. The zero-order valence-corrected chi connectivity index (χ0v) is 11.7. The van der Waals surface area contributed by atoms with E-state index in [1.807, 2.05) is 0 Å². The molecule has 2 aliphatic rings. The molecule has 0 aliphatic carbocycles. The predicted octanol–water partition coefficient (Wildman–Crippen LogP) is -3.06. The molecule has 2 heterocycles. The number of likely N-dealkylation sites (N-methyl/N-ethyl adjacent to an activating group) is 1. The molecule has 2 saturated heterocycles.